The van der Waals surface area contributed by atoms with Crippen molar-refractivity contribution in [3.8, 4) is 22.8 Å². The Morgan fingerprint density at radius 1 is 1.06 bits per heavy atom. The standard InChI is InChI=1S/C27H30N2O6/c1-17(2)27(20-8-9-21-22(14-20)33-13-12-32-21)29-24(30)16-34-26(31)11-10-25-28-15-23(35-25)19-6-4-18(3)5-7-19/h4-9,14-15,17,27H,10-13,16H2,1-3H3,(H,29,30)/t27-/m0/s1. The monoisotopic (exact) mass is 478 g/mol. The lowest BCUT2D eigenvalue weighted by atomic mass is 9.95. The predicted molar refractivity (Wildman–Crippen MR) is 129 cm³/mol. The van der Waals surface area contributed by atoms with E-state index in [1.165, 1.54) is 0 Å². The average molecular weight is 479 g/mol. The van der Waals surface area contributed by atoms with E-state index in [2.05, 4.69) is 10.3 Å². The van der Waals surface area contributed by atoms with E-state index in [-0.39, 0.29) is 37.3 Å². The van der Waals surface area contributed by atoms with E-state index < -0.39 is 5.97 Å². The lowest BCUT2D eigenvalue weighted by Crippen LogP contribution is -2.35. The van der Waals surface area contributed by atoms with Gasteiger partial charge in [-0.2, -0.15) is 0 Å². The summed E-state index contributed by atoms with van der Waals surface area (Å²) < 4.78 is 22.1. The number of fused-ring (bicyclic) bond motifs is 1. The van der Waals surface area contributed by atoms with Crippen molar-refractivity contribution in [2.45, 2.75) is 39.7 Å². The van der Waals surface area contributed by atoms with Gasteiger partial charge in [-0.25, -0.2) is 4.98 Å². The fourth-order valence-corrected chi connectivity index (χ4v) is 3.81. The van der Waals surface area contributed by atoms with Crippen LogP contribution in [0.5, 0.6) is 11.5 Å². The summed E-state index contributed by atoms with van der Waals surface area (Å²) in [5.41, 5.74) is 2.98. The minimum atomic E-state index is -0.490. The molecular formula is C27H30N2O6. The average Bonchev–Trinajstić information content (AvgIpc) is 3.34. The van der Waals surface area contributed by atoms with E-state index in [9.17, 15) is 9.59 Å². The van der Waals surface area contributed by atoms with E-state index in [4.69, 9.17) is 18.6 Å². The van der Waals surface area contributed by atoms with Gasteiger partial charge in [0.15, 0.2) is 29.8 Å². The van der Waals surface area contributed by atoms with E-state index in [0.717, 1.165) is 16.7 Å². The van der Waals surface area contributed by atoms with Gasteiger partial charge in [0.1, 0.15) is 13.2 Å². The van der Waals surface area contributed by atoms with Crippen molar-refractivity contribution in [2.24, 2.45) is 5.92 Å². The summed E-state index contributed by atoms with van der Waals surface area (Å²) >= 11 is 0. The fourth-order valence-electron chi connectivity index (χ4n) is 3.81. The smallest absolute Gasteiger partial charge is 0.306 e. The maximum atomic E-state index is 12.5. The van der Waals surface area contributed by atoms with Crippen molar-refractivity contribution in [3.05, 3.63) is 65.7 Å². The zero-order chi connectivity index (χ0) is 24.8. The molecule has 8 heteroatoms. The van der Waals surface area contributed by atoms with Crippen LogP contribution in [0.4, 0.5) is 0 Å². The molecule has 0 saturated heterocycles. The van der Waals surface area contributed by atoms with Crippen LogP contribution in [0.15, 0.2) is 53.1 Å². The Morgan fingerprint density at radius 2 is 1.80 bits per heavy atom. The third kappa shape index (κ3) is 6.41. The Hall–Kier alpha value is -3.81. The highest BCUT2D eigenvalue weighted by molar-refractivity contribution is 5.81. The van der Waals surface area contributed by atoms with Crippen LogP contribution >= 0.6 is 0 Å². The van der Waals surface area contributed by atoms with Crippen molar-refractivity contribution < 1.29 is 28.2 Å². The molecule has 0 unspecified atom stereocenters. The molecule has 1 atom stereocenters. The second kappa shape index (κ2) is 11.1. The molecule has 0 spiro atoms. The summed E-state index contributed by atoms with van der Waals surface area (Å²) in [5, 5.41) is 2.95. The third-order valence-electron chi connectivity index (χ3n) is 5.71. The Morgan fingerprint density at radius 3 is 2.54 bits per heavy atom. The molecule has 0 fully saturated rings. The number of aromatic nitrogens is 1. The number of hydrogen-bond acceptors (Lipinski definition) is 7. The summed E-state index contributed by atoms with van der Waals surface area (Å²) in [6, 6.07) is 13.3. The molecule has 0 radical (unpaired) electrons. The van der Waals surface area contributed by atoms with Crippen molar-refractivity contribution in [1.29, 1.82) is 0 Å². The summed E-state index contributed by atoms with van der Waals surface area (Å²) in [6.45, 7) is 6.69. The number of carbonyl (C=O) groups excluding carboxylic acids is 2. The number of esters is 1. The third-order valence-corrected chi connectivity index (χ3v) is 5.71. The van der Waals surface area contributed by atoms with Gasteiger partial charge in [-0.1, -0.05) is 49.7 Å². The molecule has 0 bridgehead atoms. The van der Waals surface area contributed by atoms with Crippen LogP contribution in [0.25, 0.3) is 11.3 Å². The molecule has 35 heavy (non-hydrogen) atoms. The summed E-state index contributed by atoms with van der Waals surface area (Å²) in [6.07, 6.45) is 2.00. The molecule has 2 heterocycles. The van der Waals surface area contributed by atoms with Gasteiger partial charge in [0, 0.05) is 12.0 Å². The number of benzene rings is 2. The number of nitrogens with one attached hydrogen (secondary N) is 1. The number of amides is 1. The Balaban J connectivity index is 1.25. The molecule has 1 N–H and O–H groups in total. The highest BCUT2D eigenvalue weighted by Gasteiger charge is 2.22. The van der Waals surface area contributed by atoms with E-state index in [1.54, 1.807) is 6.20 Å². The van der Waals surface area contributed by atoms with Crippen LogP contribution in [0.3, 0.4) is 0 Å². The zero-order valence-corrected chi connectivity index (χ0v) is 20.2. The number of oxazole rings is 1. The maximum Gasteiger partial charge on any atom is 0.306 e. The first kappa shape index (κ1) is 24.3. The fraction of sp³-hybridized carbons (Fsp3) is 0.370. The minimum absolute atomic E-state index is 0.0664. The number of ether oxygens (including phenoxy) is 3. The maximum absolute atomic E-state index is 12.5. The number of rotatable bonds is 9. The molecule has 0 saturated carbocycles. The molecule has 1 amide bonds. The van der Waals surface area contributed by atoms with E-state index >= 15 is 0 Å². The van der Waals surface area contributed by atoms with Gasteiger partial charge in [0.05, 0.1) is 18.7 Å². The SMILES string of the molecule is Cc1ccc(-c2cnc(CCC(=O)OCC(=O)N[C@H](c3ccc4c(c3)OCCO4)C(C)C)o2)cc1. The summed E-state index contributed by atoms with van der Waals surface area (Å²) in [4.78, 5) is 28.9. The quantitative estimate of drug-likeness (QED) is 0.455. The molecular weight excluding hydrogens is 448 g/mol. The normalized spacial score (nSPS) is 13.4. The van der Waals surface area contributed by atoms with Gasteiger partial charge in [-0.3, -0.25) is 9.59 Å². The first-order valence-electron chi connectivity index (χ1n) is 11.8. The lowest BCUT2D eigenvalue weighted by molar-refractivity contribution is -0.148. The van der Waals surface area contributed by atoms with Gasteiger partial charge in [-0.05, 0) is 30.5 Å². The number of hydrogen-bond donors (Lipinski definition) is 1. The Kier molecular flexibility index (Phi) is 7.70. The second-order valence-corrected chi connectivity index (χ2v) is 8.84. The van der Waals surface area contributed by atoms with Crippen molar-refractivity contribution >= 4 is 11.9 Å². The number of nitrogens with zero attached hydrogens (tertiary/aromatic N) is 1. The van der Waals surface area contributed by atoms with Crippen LogP contribution in [0, 0.1) is 12.8 Å². The van der Waals surface area contributed by atoms with Crippen molar-refractivity contribution in [3.63, 3.8) is 0 Å². The van der Waals surface area contributed by atoms with Gasteiger partial charge >= 0.3 is 5.97 Å². The summed E-state index contributed by atoms with van der Waals surface area (Å²) in [7, 11) is 0. The Bertz CT molecular complexity index is 1170. The van der Waals surface area contributed by atoms with Gasteiger partial charge in [0.25, 0.3) is 5.91 Å². The van der Waals surface area contributed by atoms with Crippen LogP contribution in [-0.2, 0) is 20.7 Å². The topological polar surface area (TPSA) is 99.9 Å². The zero-order valence-electron chi connectivity index (χ0n) is 20.2. The largest absolute Gasteiger partial charge is 0.486 e. The molecule has 0 aliphatic carbocycles. The first-order valence-corrected chi connectivity index (χ1v) is 11.8. The van der Waals surface area contributed by atoms with Gasteiger partial charge in [-0.15, -0.1) is 0 Å². The van der Waals surface area contributed by atoms with Crippen LogP contribution in [0.1, 0.15) is 43.3 Å². The Labute approximate surface area is 204 Å². The minimum Gasteiger partial charge on any atom is -0.486 e. The second-order valence-electron chi connectivity index (χ2n) is 8.84. The van der Waals surface area contributed by atoms with Gasteiger partial charge < -0.3 is 23.9 Å². The highest BCUT2D eigenvalue weighted by Crippen LogP contribution is 2.34. The molecule has 1 aliphatic heterocycles. The van der Waals surface area contributed by atoms with E-state index in [1.807, 2.05) is 63.2 Å². The summed E-state index contributed by atoms with van der Waals surface area (Å²) in [5.74, 6) is 1.70. The molecule has 2 aromatic carbocycles. The molecule has 4 rings (SSSR count). The van der Waals surface area contributed by atoms with Crippen LogP contribution in [-0.4, -0.2) is 36.7 Å². The number of carbonyl (C=O) groups is 2. The molecule has 8 nitrogen and oxygen atoms in total. The number of aryl methyl sites for hydroxylation is 2. The lowest BCUT2D eigenvalue weighted by Gasteiger charge is -2.25. The van der Waals surface area contributed by atoms with Crippen molar-refractivity contribution in [1.82, 2.24) is 10.3 Å². The van der Waals surface area contributed by atoms with Crippen LogP contribution < -0.4 is 14.8 Å². The van der Waals surface area contributed by atoms with E-state index in [0.29, 0.717) is 36.4 Å². The predicted octanol–water partition coefficient (Wildman–Crippen LogP) is 4.41. The molecule has 1 aromatic heterocycles. The molecule has 1 aliphatic rings. The molecule has 184 valence electrons. The first-order chi connectivity index (χ1) is 16.9. The molecule has 3 aromatic rings. The van der Waals surface area contributed by atoms with Crippen molar-refractivity contribution in [2.75, 3.05) is 19.8 Å². The van der Waals surface area contributed by atoms with Gasteiger partial charge in [0.2, 0.25) is 0 Å². The van der Waals surface area contributed by atoms with Crippen LogP contribution in [0.2, 0.25) is 0 Å². The highest BCUT2D eigenvalue weighted by atomic mass is 16.6.